The number of aryl methyl sites for hydroxylation is 1. The molecule has 1 aliphatic rings. The summed E-state index contributed by atoms with van der Waals surface area (Å²) >= 11 is 1.38. The lowest BCUT2D eigenvalue weighted by molar-refractivity contribution is -0.116. The number of thiophene rings is 1. The van der Waals surface area contributed by atoms with Crippen LogP contribution >= 0.6 is 11.3 Å². The van der Waals surface area contributed by atoms with E-state index in [4.69, 9.17) is 5.26 Å². The van der Waals surface area contributed by atoms with Crippen molar-refractivity contribution in [3.63, 3.8) is 0 Å². The molecule has 0 aromatic carbocycles. The van der Waals surface area contributed by atoms with Crippen molar-refractivity contribution in [3.8, 4) is 6.07 Å². The quantitative estimate of drug-likeness (QED) is 0.888. The molecule has 0 radical (unpaired) electrons. The fourth-order valence-corrected chi connectivity index (χ4v) is 4.64. The molecule has 21 heavy (non-hydrogen) atoms. The summed E-state index contributed by atoms with van der Waals surface area (Å²) in [5.74, 6) is -0.101. The fraction of sp³-hybridized carbons (Fsp3) is 0.538. The van der Waals surface area contributed by atoms with Crippen LogP contribution in [0.2, 0.25) is 0 Å². The van der Waals surface area contributed by atoms with E-state index >= 15 is 0 Å². The predicted molar refractivity (Wildman–Crippen MR) is 81.6 cm³/mol. The van der Waals surface area contributed by atoms with Gasteiger partial charge in [0.05, 0.1) is 11.3 Å². The maximum absolute atomic E-state index is 11.9. The van der Waals surface area contributed by atoms with Crippen molar-refractivity contribution in [2.24, 2.45) is 0 Å². The van der Waals surface area contributed by atoms with Gasteiger partial charge in [-0.15, -0.1) is 11.3 Å². The summed E-state index contributed by atoms with van der Waals surface area (Å²) in [5.41, 5.74) is 0.457. The van der Waals surface area contributed by atoms with Gasteiger partial charge in [-0.25, -0.2) is 12.7 Å². The molecule has 0 bridgehead atoms. The Kier molecular flexibility index (Phi) is 4.98. The number of hydrogen-bond acceptors (Lipinski definition) is 5. The molecule has 1 aromatic rings. The maximum atomic E-state index is 11.9. The van der Waals surface area contributed by atoms with Crippen molar-refractivity contribution in [2.45, 2.75) is 26.2 Å². The summed E-state index contributed by atoms with van der Waals surface area (Å²) in [6.45, 7) is 2.66. The average molecular weight is 327 g/mol. The molecule has 0 atom stereocenters. The fourth-order valence-electron chi connectivity index (χ4n) is 2.15. The van der Waals surface area contributed by atoms with Crippen molar-refractivity contribution < 1.29 is 13.2 Å². The van der Waals surface area contributed by atoms with Crippen molar-refractivity contribution in [2.75, 3.05) is 24.2 Å². The standard InChI is InChI=1S/C13H17N3O3S2/c1-2-11-8-10(9-14)13(20-11)15-12(17)4-6-16-5-3-7-21(16,18)19/h8H,2-7H2,1H3,(H,15,17). The monoisotopic (exact) mass is 327 g/mol. The molecule has 6 nitrogen and oxygen atoms in total. The Balaban J connectivity index is 1.93. The summed E-state index contributed by atoms with van der Waals surface area (Å²) in [5, 5.41) is 12.3. The topological polar surface area (TPSA) is 90.3 Å². The maximum Gasteiger partial charge on any atom is 0.226 e. The molecule has 1 N–H and O–H groups in total. The van der Waals surface area contributed by atoms with Crippen molar-refractivity contribution >= 4 is 32.3 Å². The van der Waals surface area contributed by atoms with Crippen LogP contribution in [0.15, 0.2) is 6.07 Å². The SMILES string of the molecule is CCc1cc(C#N)c(NC(=O)CCN2CCCS2(=O)=O)s1. The number of nitrogens with one attached hydrogen (secondary N) is 1. The highest BCUT2D eigenvalue weighted by Crippen LogP contribution is 2.28. The van der Waals surface area contributed by atoms with Crippen LogP contribution in [0, 0.1) is 11.3 Å². The Morgan fingerprint density at radius 2 is 2.33 bits per heavy atom. The van der Waals surface area contributed by atoms with E-state index in [9.17, 15) is 13.2 Å². The summed E-state index contributed by atoms with van der Waals surface area (Å²) in [7, 11) is -3.16. The van der Waals surface area contributed by atoms with E-state index in [1.54, 1.807) is 6.07 Å². The second kappa shape index (κ2) is 6.56. The van der Waals surface area contributed by atoms with Gasteiger partial charge in [0.25, 0.3) is 0 Å². The number of carbonyl (C=O) groups excluding carboxylic acids is 1. The Hall–Kier alpha value is -1.43. The van der Waals surface area contributed by atoms with Gasteiger partial charge < -0.3 is 5.32 Å². The van der Waals surface area contributed by atoms with Gasteiger partial charge in [-0.1, -0.05) is 6.92 Å². The molecule has 1 fully saturated rings. The zero-order valence-corrected chi connectivity index (χ0v) is 13.4. The first kappa shape index (κ1) is 15.9. The smallest absolute Gasteiger partial charge is 0.226 e. The Morgan fingerprint density at radius 1 is 1.57 bits per heavy atom. The van der Waals surface area contributed by atoms with Gasteiger partial charge in [-0.05, 0) is 18.9 Å². The lowest BCUT2D eigenvalue weighted by Crippen LogP contribution is -2.29. The minimum Gasteiger partial charge on any atom is -0.317 e. The minimum atomic E-state index is -3.16. The molecule has 8 heteroatoms. The number of nitrogens with zero attached hydrogens (tertiary/aromatic N) is 2. The van der Waals surface area contributed by atoms with Crippen LogP contribution in [0.25, 0.3) is 0 Å². The lowest BCUT2D eigenvalue weighted by Gasteiger charge is -2.13. The Morgan fingerprint density at radius 3 is 2.90 bits per heavy atom. The number of anilines is 1. The van der Waals surface area contributed by atoms with Crippen LogP contribution in [-0.4, -0.2) is 37.5 Å². The van der Waals surface area contributed by atoms with Crippen LogP contribution in [-0.2, 0) is 21.2 Å². The van der Waals surface area contributed by atoms with Gasteiger partial charge in [-0.2, -0.15) is 5.26 Å². The van der Waals surface area contributed by atoms with Crippen molar-refractivity contribution in [1.29, 1.82) is 5.26 Å². The van der Waals surface area contributed by atoms with E-state index in [1.165, 1.54) is 15.6 Å². The molecule has 1 saturated heterocycles. The number of amides is 1. The number of nitriles is 1. The zero-order valence-electron chi connectivity index (χ0n) is 11.8. The summed E-state index contributed by atoms with van der Waals surface area (Å²) in [6.07, 6.45) is 1.53. The molecule has 0 saturated carbocycles. The molecule has 114 valence electrons. The van der Waals surface area contributed by atoms with E-state index in [1.807, 2.05) is 6.92 Å². The first-order valence-corrected chi connectivity index (χ1v) is 9.19. The van der Waals surface area contributed by atoms with Crippen LogP contribution in [0.4, 0.5) is 5.00 Å². The van der Waals surface area contributed by atoms with Gasteiger partial charge in [0.1, 0.15) is 11.1 Å². The third-order valence-electron chi connectivity index (χ3n) is 3.30. The highest BCUT2D eigenvalue weighted by Gasteiger charge is 2.28. The van der Waals surface area contributed by atoms with Gasteiger partial charge in [0, 0.05) is 24.4 Å². The third-order valence-corrected chi connectivity index (χ3v) is 6.45. The average Bonchev–Trinajstić information content (AvgIpc) is 2.99. The molecule has 0 unspecified atom stereocenters. The second-order valence-corrected chi connectivity index (χ2v) is 8.01. The Labute approximate surface area is 128 Å². The molecule has 2 rings (SSSR count). The minimum absolute atomic E-state index is 0.101. The molecule has 1 amide bonds. The van der Waals surface area contributed by atoms with Gasteiger partial charge >= 0.3 is 0 Å². The van der Waals surface area contributed by atoms with Crippen LogP contribution in [0.5, 0.6) is 0 Å². The van der Waals surface area contributed by atoms with E-state index in [-0.39, 0.29) is 24.6 Å². The van der Waals surface area contributed by atoms with E-state index in [2.05, 4.69) is 11.4 Å². The van der Waals surface area contributed by atoms with Crippen molar-refractivity contribution in [3.05, 3.63) is 16.5 Å². The van der Waals surface area contributed by atoms with Gasteiger partial charge in [0.15, 0.2) is 0 Å². The summed E-state index contributed by atoms with van der Waals surface area (Å²) in [6, 6.07) is 3.82. The van der Waals surface area contributed by atoms with E-state index < -0.39 is 10.0 Å². The van der Waals surface area contributed by atoms with Gasteiger partial charge in [0.2, 0.25) is 15.9 Å². The number of carbonyl (C=O) groups is 1. The highest BCUT2D eigenvalue weighted by molar-refractivity contribution is 7.89. The predicted octanol–water partition coefficient (Wildman–Crippen LogP) is 1.55. The number of rotatable bonds is 5. The lowest BCUT2D eigenvalue weighted by atomic mass is 10.3. The molecule has 1 aliphatic heterocycles. The number of hydrogen-bond donors (Lipinski definition) is 1. The van der Waals surface area contributed by atoms with Crippen LogP contribution in [0.1, 0.15) is 30.2 Å². The third kappa shape index (κ3) is 3.81. The molecule has 2 heterocycles. The van der Waals surface area contributed by atoms with Crippen molar-refractivity contribution in [1.82, 2.24) is 4.31 Å². The number of sulfonamides is 1. The molecule has 0 spiro atoms. The molecular formula is C13H17N3O3S2. The Bertz CT molecular complexity index is 673. The van der Waals surface area contributed by atoms with Crippen LogP contribution < -0.4 is 5.32 Å². The van der Waals surface area contributed by atoms with Crippen LogP contribution in [0.3, 0.4) is 0 Å². The highest BCUT2D eigenvalue weighted by atomic mass is 32.2. The molecular weight excluding hydrogens is 310 g/mol. The van der Waals surface area contributed by atoms with Gasteiger partial charge in [-0.3, -0.25) is 4.79 Å². The normalized spacial score (nSPS) is 17.5. The van der Waals surface area contributed by atoms with E-state index in [0.29, 0.717) is 23.5 Å². The van der Waals surface area contributed by atoms with E-state index in [0.717, 1.165) is 11.3 Å². The molecule has 0 aliphatic carbocycles. The summed E-state index contributed by atoms with van der Waals surface area (Å²) < 4.78 is 24.6. The first-order valence-electron chi connectivity index (χ1n) is 6.76. The second-order valence-electron chi connectivity index (χ2n) is 4.79. The molecule has 1 aromatic heterocycles. The largest absolute Gasteiger partial charge is 0.317 e. The first-order chi connectivity index (χ1) is 9.96. The zero-order chi connectivity index (χ0) is 15.5. The summed E-state index contributed by atoms with van der Waals surface area (Å²) in [4.78, 5) is 12.9.